The topological polar surface area (TPSA) is 29.4 Å². The normalized spacial score (nSPS) is 28.4. The molecule has 2 atom stereocenters. The van der Waals surface area contributed by atoms with Gasteiger partial charge in [-0.1, -0.05) is 24.3 Å². The van der Waals surface area contributed by atoms with Crippen molar-refractivity contribution in [2.75, 3.05) is 6.54 Å². The fourth-order valence-corrected chi connectivity index (χ4v) is 2.64. The van der Waals surface area contributed by atoms with Crippen molar-refractivity contribution in [2.45, 2.75) is 12.8 Å². The average molecular weight is 199 g/mol. The molecule has 76 valence electrons. The molecule has 2 heteroatoms. The Kier molecular flexibility index (Phi) is 1.94. The van der Waals surface area contributed by atoms with Crippen LogP contribution in [0.1, 0.15) is 22.3 Å². The van der Waals surface area contributed by atoms with Crippen molar-refractivity contribution in [1.29, 1.82) is 0 Å². The fraction of sp³-hybridized carbons (Fsp3) is 0.385. The largest absolute Gasteiger partial charge is 0.297 e. The highest BCUT2D eigenvalue weighted by atomic mass is 16.1. The molecule has 3 rings (SSSR count). The van der Waals surface area contributed by atoms with Gasteiger partial charge in [0.2, 0.25) is 0 Å². The molecule has 0 aromatic heterocycles. The van der Waals surface area contributed by atoms with Crippen LogP contribution in [0.25, 0.3) is 0 Å². The van der Waals surface area contributed by atoms with Crippen LogP contribution in [-0.4, -0.2) is 18.5 Å². The molecular formula is C13H13NO. The van der Waals surface area contributed by atoms with Crippen molar-refractivity contribution in [1.82, 2.24) is 0 Å². The maximum Gasteiger partial charge on any atom is 0.171 e. The predicted molar refractivity (Wildman–Crippen MR) is 59.4 cm³/mol. The van der Waals surface area contributed by atoms with Gasteiger partial charge in [0.15, 0.2) is 5.78 Å². The lowest BCUT2D eigenvalue weighted by atomic mass is 9.73. The first-order valence-corrected chi connectivity index (χ1v) is 5.48. The molecule has 0 saturated carbocycles. The molecule has 15 heavy (non-hydrogen) atoms. The van der Waals surface area contributed by atoms with Crippen LogP contribution < -0.4 is 0 Å². The van der Waals surface area contributed by atoms with E-state index < -0.39 is 0 Å². The zero-order chi connectivity index (χ0) is 10.3. The third kappa shape index (κ3) is 1.32. The van der Waals surface area contributed by atoms with E-state index in [1.165, 1.54) is 5.56 Å². The van der Waals surface area contributed by atoms with E-state index in [2.05, 4.69) is 11.1 Å². The van der Waals surface area contributed by atoms with Crippen LogP contribution in [0.2, 0.25) is 0 Å². The van der Waals surface area contributed by atoms with Gasteiger partial charge in [-0.25, -0.2) is 0 Å². The number of hydrogen-bond acceptors (Lipinski definition) is 2. The van der Waals surface area contributed by atoms with Crippen LogP contribution in [0.15, 0.2) is 29.3 Å². The maximum absolute atomic E-state index is 12.2. The highest BCUT2D eigenvalue weighted by molar-refractivity contribution is 6.08. The summed E-state index contributed by atoms with van der Waals surface area (Å²) in [5, 5.41) is 0. The van der Waals surface area contributed by atoms with E-state index in [-0.39, 0.29) is 11.7 Å². The molecule has 2 nitrogen and oxygen atoms in total. The van der Waals surface area contributed by atoms with E-state index in [0.717, 1.165) is 24.9 Å². The van der Waals surface area contributed by atoms with Crippen molar-refractivity contribution in [3.05, 3.63) is 35.4 Å². The van der Waals surface area contributed by atoms with E-state index in [0.29, 0.717) is 5.92 Å². The Morgan fingerprint density at radius 3 is 3.07 bits per heavy atom. The Bertz CT molecular complexity index is 436. The quantitative estimate of drug-likeness (QED) is 0.629. The van der Waals surface area contributed by atoms with Crippen LogP contribution in [0, 0.1) is 11.8 Å². The second-order valence-electron chi connectivity index (χ2n) is 4.36. The lowest BCUT2D eigenvalue weighted by molar-refractivity contribution is 0.0902. The van der Waals surface area contributed by atoms with E-state index in [4.69, 9.17) is 0 Å². The SMILES string of the molecule is O=C1c2ccccc2C[C@H]2CCN=CC12. The molecule has 1 heterocycles. The smallest absolute Gasteiger partial charge is 0.171 e. The minimum absolute atomic E-state index is 0.0497. The number of fused-ring (bicyclic) bond motifs is 2. The lowest BCUT2D eigenvalue weighted by Gasteiger charge is -2.31. The summed E-state index contributed by atoms with van der Waals surface area (Å²) in [5.74, 6) is 0.809. The van der Waals surface area contributed by atoms with Gasteiger partial charge >= 0.3 is 0 Å². The number of nitrogens with zero attached hydrogens (tertiary/aromatic N) is 1. The van der Waals surface area contributed by atoms with Gasteiger partial charge in [-0.05, 0) is 24.3 Å². The van der Waals surface area contributed by atoms with E-state index in [1.807, 2.05) is 24.4 Å². The van der Waals surface area contributed by atoms with Gasteiger partial charge in [-0.3, -0.25) is 9.79 Å². The highest BCUT2D eigenvalue weighted by Crippen LogP contribution is 2.32. The van der Waals surface area contributed by atoms with Gasteiger partial charge in [0.25, 0.3) is 0 Å². The second kappa shape index (κ2) is 3.30. The van der Waals surface area contributed by atoms with Gasteiger partial charge in [0.1, 0.15) is 0 Å². The Morgan fingerprint density at radius 1 is 1.27 bits per heavy atom. The van der Waals surface area contributed by atoms with E-state index in [9.17, 15) is 4.79 Å². The fourth-order valence-electron chi connectivity index (χ4n) is 2.64. The van der Waals surface area contributed by atoms with Crippen molar-refractivity contribution in [3.63, 3.8) is 0 Å². The molecule has 1 aliphatic carbocycles. The van der Waals surface area contributed by atoms with Crippen LogP contribution in [0.3, 0.4) is 0 Å². The van der Waals surface area contributed by atoms with Crippen molar-refractivity contribution < 1.29 is 4.79 Å². The predicted octanol–water partition coefficient (Wildman–Crippen LogP) is 2.13. The molecule has 0 N–H and O–H groups in total. The monoisotopic (exact) mass is 199 g/mol. The Morgan fingerprint density at radius 2 is 2.13 bits per heavy atom. The molecule has 0 bridgehead atoms. The summed E-state index contributed by atoms with van der Waals surface area (Å²) in [7, 11) is 0. The van der Waals surface area contributed by atoms with Gasteiger partial charge in [0, 0.05) is 18.3 Å². The van der Waals surface area contributed by atoms with Gasteiger partial charge in [-0.15, -0.1) is 0 Å². The number of carbonyl (C=O) groups excluding carboxylic acids is 1. The molecule has 0 amide bonds. The van der Waals surface area contributed by atoms with Crippen LogP contribution >= 0.6 is 0 Å². The van der Waals surface area contributed by atoms with Gasteiger partial charge in [0.05, 0.1) is 5.92 Å². The molecule has 2 aliphatic rings. The van der Waals surface area contributed by atoms with Gasteiger partial charge < -0.3 is 0 Å². The molecule has 0 saturated heterocycles. The number of hydrogen-bond donors (Lipinski definition) is 0. The summed E-state index contributed by atoms with van der Waals surface area (Å²) in [4.78, 5) is 16.4. The zero-order valence-corrected chi connectivity index (χ0v) is 8.52. The van der Waals surface area contributed by atoms with Crippen LogP contribution in [0.5, 0.6) is 0 Å². The van der Waals surface area contributed by atoms with Crippen molar-refractivity contribution in [3.8, 4) is 0 Å². The molecular weight excluding hydrogens is 186 g/mol. The van der Waals surface area contributed by atoms with E-state index in [1.54, 1.807) is 0 Å². The summed E-state index contributed by atoms with van der Waals surface area (Å²) in [6, 6.07) is 7.98. The standard InChI is InChI=1S/C13H13NO/c15-13-11-4-2-1-3-9(11)7-10-5-6-14-8-12(10)13/h1-4,8,10,12H,5-7H2/t10-,12?/m1/s1. The molecule has 1 unspecified atom stereocenters. The number of benzene rings is 1. The van der Waals surface area contributed by atoms with Crippen molar-refractivity contribution in [2.24, 2.45) is 16.8 Å². The average Bonchev–Trinajstić information content (AvgIpc) is 2.30. The first-order valence-electron chi connectivity index (χ1n) is 5.48. The number of carbonyl (C=O) groups is 1. The summed E-state index contributed by atoms with van der Waals surface area (Å²) in [5.41, 5.74) is 2.13. The van der Waals surface area contributed by atoms with Crippen LogP contribution in [-0.2, 0) is 6.42 Å². The van der Waals surface area contributed by atoms with E-state index >= 15 is 0 Å². The molecule has 0 radical (unpaired) electrons. The highest BCUT2D eigenvalue weighted by Gasteiger charge is 2.35. The molecule has 1 aliphatic heterocycles. The first kappa shape index (κ1) is 8.84. The summed E-state index contributed by atoms with van der Waals surface area (Å²) >= 11 is 0. The third-order valence-corrected chi connectivity index (χ3v) is 3.47. The Labute approximate surface area is 89.0 Å². The first-order chi connectivity index (χ1) is 7.36. The number of ketones is 1. The summed E-state index contributed by atoms with van der Waals surface area (Å²) in [6.07, 6.45) is 3.96. The zero-order valence-electron chi connectivity index (χ0n) is 8.52. The number of rotatable bonds is 0. The number of aliphatic imine (C=N–C) groups is 1. The molecule has 1 aromatic carbocycles. The van der Waals surface area contributed by atoms with Crippen molar-refractivity contribution >= 4 is 12.0 Å². The van der Waals surface area contributed by atoms with Crippen LogP contribution in [0.4, 0.5) is 0 Å². The summed E-state index contributed by atoms with van der Waals surface area (Å²) < 4.78 is 0. The number of Topliss-reactive ketones (excluding diaryl/α,β-unsaturated/α-hetero) is 1. The minimum atomic E-state index is 0.0497. The molecule has 0 fully saturated rings. The second-order valence-corrected chi connectivity index (χ2v) is 4.36. The molecule has 1 aromatic rings. The Hall–Kier alpha value is -1.44. The lowest BCUT2D eigenvalue weighted by Crippen LogP contribution is -2.35. The Balaban J connectivity index is 2.08. The molecule has 0 spiro atoms. The van der Waals surface area contributed by atoms with Gasteiger partial charge in [-0.2, -0.15) is 0 Å². The maximum atomic E-state index is 12.2. The minimum Gasteiger partial charge on any atom is -0.297 e. The summed E-state index contributed by atoms with van der Waals surface area (Å²) in [6.45, 7) is 0.886. The third-order valence-electron chi connectivity index (χ3n) is 3.47.